The van der Waals surface area contributed by atoms with E-state index in [9.17, 15) is 9.18 Å². The molecule has 7 nitrogen and oxygen atoms in total. The molecule has 38 heavy (non-hydrogen) atoms. The van der Waals surface area contributed by atoms with Gasteiger partial charge in [0.2, 0.25) is 5.91 Å². The molecular formula is C30H43FN6O. The maximum Gasteiger partial charge on any atom is 0.225 e. The number of halogens is 1. The number of benzene rings is 1. The molecule has 0 bridgehead atoms. The van der Waals surface area contributed by atoms with E-state index in [0.29, 0.717) is 12.5 Å². The molecule has 2 aromatic heterocycles. The van der Waals surface area contributed by atoms with Gasteiger partial charge < -0.3 is 9.80 Å². The average molecular weight is 523 g/mol. The van der Waals surface area contributed by atoms with Gasteiger partial charge >= 0.3 is 0 Å². The van der Waals surface area contributed by atoms with Crippen molar-refractivity contribution in [2.75, 3.05) is 31.1 Å². The van der Waals surface area contributed by atoms with Crippen LogP contribution in [0.2, 0.25) is 0 Å². The zero-order valence-electron chi connectivity index (χ0n) is 23.7. The Kier molecular flexibility index (Phi) is 9.34. The Morgan fingerprint density at radius 2 is 1.76 bits per heavy atom. The van der Waals surface area contributed by atoms with E-state index in [1.807, 2.05) is 11.6 Å². The van der Waals surface area contributed by atoms with Crippen molar-refractivity contribution in [3.63, 3.8) is 0 Å². The van der Waals surface area contributed by atoms with Crippen molar-refractivity contribution in [1.29, 1.82) is 0 Å². The van der Waals surface area contributed by atoms with Crippen molar-refractivity contribution in [3.8, 4) is 5.69 Å². The summed E-state index contributed by atoms with van der Waals surface area (Å²) < 4.78 is 15.5. The monoisotopic (exact) mass is 522 g/mol. The Morgan fingerprint density at radius 1 is 1.00 bits per heavy atom. The summed E-state index contributed by atoms with van der Waals surface area (Å²) in [6.45, 7) is 13.7. The molecule has 4 rings (SSSR count). The van der Waals surface area contributed by atoms with Crippen LogP contribution in [0.1, 0.15) is 90.1 Å². The molecule has 0 unspecified atom stereocenters. The Hall–Kier alpha value is -3.03. The lowest BCUT2D eigenvalue weighted by molar-refractivity contribution is -0.135. The first kappa shape index (κ1) is 28.0. The molecule has 1 aliphatic heterocycles. The summed E-state index contributed by atoms with van der Waals surface area (Å²) in [5.74, 6) is 2.04. The number of hydrogen-bond donors (Lipinski definition) is 0. The molecule has 1 fully saturated rings. The van der Waals surface area contributed by atoms with Gasteiger partial charge in [-0.1, -0.05) is 47.0 Å². The third-order valence-electron chi connectivity index (χ3n) is 7.79. The summed E-state index contributed by atoms with van der Waals surface area (Å²) >= 11 is 0. The van der Waals surface area contributed by atoms with E-state index in [1.54, 1.807) is 12.1 Å². The number of aromatic nitrogens is 4. The highest BCUT2D eigenvalue weighted by atomic mass is 19.1. The second-order valence-electron chi connectivity index (χ2n) is 10.7. The topological polar surface area (TPSA) is 67.2 Å². The van der Waals surface area contributed by atoms with Gasteiger partial charge in [-0.25, -0.2) is 19.0 Å². The summed E-state index contributed by atoms with van der Waals surface area (Å²) in [6, 6.07) is 6.36. The van der Waals surface area contributed by atoms with Crippen LogP contribution in [0.3, 0.4) is 0 Å². The summed E-state index contributed by atoms with van der Waals surface area (Å²) in [5.41, 5.74) is 2.37. The molecule has 0 spiro atoms. The van der Waals surface area contributed by atoms with Crippen molar-refractivity contribution in [1.82, 2.24) is 24.6 Å². The highest BCUT2D eigenvalue weighted by molar-refractivity contribution is 5.91. The molecule has 0 radical (unpaired) electrons. The van der Waals surface area contributed by atoms with Gasteiger partial charge in [0.15, 0.2) is 5.65 Å². The predicted octanol–water partition coefficient (Wildman–Crippen LogP) is 6.42. The van der Waals surface area contributed by atoms with Crippen LogP contribution in [0.25, 0.3) is 16.7 Å². The van der Waals surface area contributed by atoms with Gasteiger partial charge in [-0.2, -0.15) is 5.10 Å². The summed E-state index contributed by atoms with van der Waals surface area (Å²) in [4.78, 5) is 27.9. The van der Waals surface area contributed by atoms with Crippen molar-refractivity contribution >= 4 is 22.8 Å². The average Bonchev–Trinajstić information content (AvgIpc) is 3.08. The molecule has 0 saturated carbocycles. The van der Waals surface area contributed by atoms with E-state index in [1.165, 1.54) is 12.1 Å². The fourth-order valence-corrected chi connectivity index (χ4v) is 5.51. The Bertz CT molecular complexity index is 1220. The predicted molar refractivity (Wildman–Crippen MR) is 151 cm³/mol. The van der Waals surface area contributed by atoms with E-state index >= 15 is 0 Å². The molecule has 3 heterocycles. The molecule has 0 N–H and O–H groups in total. The van der Waals surface area contributed by atoms with Crippen molar-refractivity contribution in [2.45, 2.75) is 85.5 Å². The second kappa shape index (κ2) is 12.7. The second-order valence-corrected chi connectivity index (χ2v) is 10.7. The molecule has 2 atom stereocenters. The van der Waals surface area contributed by atoms with Gasteiger partial charge in [-0.15, -0.1) is 0 Å². The van der Waals surface area contributed by atoms with E-state index < -0.39 is 0 Å². The number of carbonyl (C=O) groups is 1. The van der Waals surface area contributed by atoms with E-state index in [2.05, 4.69) is 37.5 Å². The first-order valence-corrected chi connectivity index (χ1v) is 14.4. The molecule has 206 valence electrons. The molecule has 8 heteroatoms. The van der Waals surface area contributed by atoms with Crippen molar-refractivity contribution in [3.05, 3.63) is 41.6 Å². The number of carbonyl (C=O) groups excluding carboxylic acids is 1. The van der Waals surface area contributed by atoms with Gasteiger partial charge in [-0.3, -0.25) is 4.79 Å². The van der Waals surface area contributed by atoms with Crippen LogP contribution < -0.4 is 4.90 Å². The Labute approximate surface area is 226 Å². The maximum atomic E-state index is 13.7. The highest BCUT2D eigenvalue weighted by Gasteiger charge is 2.28. The highest BCUT2D eigenvalue weighted by Crippen LogP contribution is 2.32. The quantitative estimate of drug-likeness (QED) is 0.307. The van der Waals surface area contributed by atoms with E-state index in [4.69, 9.17) is 15.1 Å². The number of anilines is 1. The smallest absolute Gasteiger partial charge is 0.225 e. The molecule has 1 aliphatic rings. The number of hydrogen-bond acceptors (Lipinski definition) is 5. The minimum atomic E-state index is -0.279. The molecular weight excluding hydrogens is 479 g/mol. The fraction of sp³-hybridized carbons (Fsp3) is 0.600. The van der Waals surface area contributed by atoms with Crippen LogP contribution >= 0.6 is 0 Å². The Balaban J connectivity index is 1.70. The molecule has 1 saturated heterocycles. The van der Waals surface area contributed by atoms with Gasteiger partial charge in [0, 0.05) is 38.0 Å². The summed E-state index contributed by atoms with van der Waals surface area (Å²) in [7, 11) is 0. The SMILES string of the molecule is CCCC[C@@H](CC)C(=O)N1CCCN(c2nc([C@H](C)CCC)nc3c2c(C)nn3-c2ccc(F)cc2)CC1. The number of fused-ring (bicyclic) bond motifs is 1. The number of aryl methyl sites for hydroxylation is 1. The lowest BCUT2D eigenvalue weighted by Gasteiger charge is -2.26. The largest absolute Gasteiger partial charge is 0.354 e. The van der Waals surface area contributed by atoms with Crippen molar-refractivity contribution < 1.29 is 9.18 Å². The fourth-order valence-electron chi connectivity index (χ4n) is 5.51. The maximum absolute atomic E-state index is 13.7. The van der Waals surface area contributed by atoms with Crippen LogP contribution in [-0.2, 0) is 4.79 Å². The van der Waals surface area contributed by atoms with Crippen LogP contribution in [-0.4, -0.2) is 56.7 Å². The minimum Gasteiger partial charge on any atom is -0.354 e. The number of nitrogens with zero attached hydrogens (tertiary/aromatic N) is 6. The van der Waals surface area contributed by atoms with Gasteiger partial charge in [-0.05, 0) is 56.9 Å². The van der Waals surface area contributed by atoms with Crippen LogP contribution in [0.15, 0.2) is 24.3 Å². The first-order valence-electron chi connectivity index (χ1n) is 14.4. The van der Waals surface area contributed by atoms with Crippen LogP contribution in [0.4, 0.5) is 10.2 Å². The van der Waals surface area contributed by atoms with Gasteiger partial charge in [0.25, 0.3) is 0 Å². The molecule has 3 aromatic rings. The van der Waals surface area contributed by atoms with Crippen molar-refractivity contribution in [2.24, 2.45) is 5.92 Å². The molecule has 1 aromatic carbocycles. The third-order valence-corrected chi connectivity index (χ3v) is 7.79. The minimum absolute atomic E-state index is 0.116. The Morgan fingerprint density at radius 3 is 2.45 bits per heavy atom. The molecule has 0 aliphatic carbocycles. The number of rotatable bonds is 10. The van der Waals surface area contributed by atoms with E-state index in [0.717, 1.165) is 98.6 Å². The lowest BCUT2D eigenvalue weighted by Crippen LogP contribution is -2.39. The number of amides is 1. The molecule has 1 amide bonds. The summed E-state index contributed by atoms with van der Waals surface area (Å²) in [6.07, 6.45) is 7.01. The van der Waals surface area contributed by atoms with E-state index in [-0.39, 0.29) is 17.7 Å². The standard InChI is InChI=1S/C30H43FN6O/c1-6-9-12-23(8-3)30(38)36-18-10-17-35(19-20-36)28-26-22(5)34-37(25-15-13-24(31)14-16-25)29(26)33-27(32-28)21(4)11-7-2/h13-16,21,23H,6-12,17-20H2,1-5H3/t21-,23-/m1/s1. The lowest BCUT2D eigenvalue weighted by atomic mass is 9.97. The van der Waals surface area contributed by atoms with Gasteiger partial charge in [0.05, 0.1) is 16.8 Å². The number of unbranched alkanes of at least 4 members (excludes halogenated alkanes) is 1. The summed E-state index contributed by atoms with van der Waals surface area (Å²) in [5, 5.41) is 5.75. The zero-order chi connectivity index (χ0) is 27.2. The normalized spacial score (nSPS) is 16.1. The van der Waals surface area contributed by atoms with Crippen LogP contribution in [0.5, 0.6) is 0 Å². The third kappa shape index (κ3) is 6.00. The van der Waals surface area contributed by atoms with Crippen LogP contribution in [0, 0.1) is 18.7 Å². The zero-order valence-corrected chi connectivity index (χ0v) is 23.7. The first-order chi connectivity index (χ1) is 18.4. The van der Waals surface area contributed by atoms with Gasteiger partial charge in [0.1, 0.15) is 17.5 Å².